The van der Waals surface area contributed by atoms with Crippen LogP contribution < -0.4 is 38.1 Å². The fraction of sp³-hybridized carbons (Fsp3) is 0.808. The molecule has 0 spiro atoms. The quantitative estimate of drug-likeness (QED) is 0.0591. The second-order valence-electron chi connectivity index (χ2n) is 10.4. The van der Waals surface area contributed by atoms with Gasteiger partial charge in [0, 0.05) is 26.2 Å². The van der Waals surface area contributed by atoms with Gasteiger partial charge in [-0.1, -0.05) is 32.6 Å². The number of nitrogens with zero attached hydrogens (tertiary/aromatic N) is 2. The molecule has 0 bridgehead atoms. The van der Waals surface area contributed by atoms with E-state index in [9.17, 15) is 19.2 Å². The molecule has 2 rings (SSSR count). The van der Waals surface area contributed by atoms with E-state index in [0.717, 1.165) is 51.5 Å². The standard InChI is InChI=1S/C26H49N9O4/c1-3-4-10-18-24(38)33-19(15-32-18)22(36)17-35-16-20(23(37)30-13-8-6-5-7-12-29-2)34-25(39)21(35)11-9-14-31-26(27)28/h18-21,29,32H,3-17H2,1-2H3,(H,30,37)(H,33,38)(H,34,39)(H4,27,28,31)/t18-,19+,20+,21-/m0/s1. The Kier molecular flexibility index (Phi) is 14.8. The SMILES string of the molecule is CCCC[C@@H]1NC[C@H](C(=O)CN2C[C@H](C(=O)NCCCCCCNC)NC(=O)[C@@H]2CCCN=C(N)N)NC1=O. The summed E-state index contributed by atoms with van der Waals surface area (Å²) in [6.07, 6.45) is 7.64. The Labute approximate surface area is 232 Å². The van der Waals surface area contributed by atoms with Crippen LogP contribution in [0.3, 0.4) is 0 Å². The Morgan fingerprint density at radius 3 is 2.36 bits per heavy atom. The van der Waals surface area contributed by atoms with E-state index in [0.29, 0.717) is 32.5 Å². The van der Waals surface area contributed by atoms with Gasteiger partial charge in [-0.25, -0.2) is 0 Å². The highest BCUT2D eigenvalue weighted by atomic mass is 16.2. The molecule has 3 amide bonds. The Morgan fingerprint density at radius 1 is 0.974 bits per heavy atom. The van der Waals surface area contributed by atoms with Crippen LogP contribution in [-0.2, 0) is 19.2 Å². The number of rotatable bonds is 18. The third-order valence-corrected chi connectivity index (χ3v) is 7.17. The van der Waals surface area contributed by atoms with Crippen molar-refractivity contribution in [1.29, 1.82) is 0 Å². The molecule has 4 atom stereocenters. The van der Waals surface area contributed by atoms with Gasteiger partial charge in [-0.2, -0.15) is 0 Å². The van der Waals surface area contributed by atoms with Crippen LogP contribution in [0.25, 0.3) is 0 Å². The highest BCUT2D eigenvalue weighted by molar-refractivity contribution is 5.95. The number of carbonyl (C=O) groups excluding carboxylic acids is 4. The molecular formula is C26H49N9O4. The highest BCUT2D eigenvalue weighted by Crippen LogP contribution is 2.15. The second kappa shape index (κ2) is 17.7. The predicted octanol–water partition coefficient (Wildman–Crippen LogP) is -1.68. The van der Waals surface area contributed by atoms with Crippen molar-refractivity contribution in [1.82, 2.24) is 31.5 Å². The maximum atomic E-state index is 13.2. The van der Waals surface area contributed by atoms with Crippen molar-refractivity contribution in [2.24, 2.45) is 16.5 Å². The van der Waals surface area contributed by atoms with Crippen LogP contribution in [-0.4, -0.2) is 105 Å². The number of amides is 3. The Hall–Kier alpha value is -2.77. The minimum absolute atomic E-state index is 0.0216. The number of Topliss-reactive ketones (excluding diaryl/α,β-unsaturated/α-hetero) is 1. The van der Waals surface area contributed by atoms with E-state index in [-0.39, 0.29) is 48.6 Å². The molecule has 0 unspecified atom stereocenters. The van der Waals surface area contributed by atoms with E-state index in [1.54, 1.807) is 4.90 Å². The molecule has 0 aromatic rings. The molecule has 39 heavy (non-hydrogen) atoms. The predicted molar refractivity (Wildman–Crippen MR) is 151 cm³/mol. The minimum Gasteiger partial charge on any atom is -0.370 e. The first-order valence-corrected chi connectivity index (χ1v) is 14.3. The normalized spacial score (nSPS) is 23.5. The summed E-state index contributed by atoms with van der Waals surface area (Å²) in [5.41, 5.74) is 10.8. The number of guanidine groups is 1. The van der Waals surface area contributed by atoms with E-state index in [2.05, 4.69) is 38.5 Å². The Balaban J connectivity index is 1.96. The zero-order chi connectivity index (χ0) is 28.6. The number of hydrogen-bond donors (Lipinski definition) is 7. The zero-order valence-electron chi connectivity index (χ0n) is 23.6. The monoisotopic (exact) mass is 551 g/mol. The van der Waals surface area contributed by atoms with Crippen LogP contribution in [0.5, 0.6) is 0 Å². The summed E-state index contributed by atoms with van der Waals surface area (Å²) in [5, 5.41) is 14.9. The first-order chi connectivity index (χ1) is 18.8. The number of nitrogens with one attached hydrogen (secondary N) is 5. The van der Waals surface area contributed by atoms with Gasteiger partial charge in [0.05, 0.1) is 18.6 Å². The highest BCUT2D eigenvalue weighted by Gasteiger charge is 2.39. The Bertz CT molecular complexity index is 834. The number of piperazine rings is 2. The molecule has 0 saturated carbocycles. The molecule has 2 fully saturated rings. The van der Waals surface area contributed by atoms with E-state index >= 15 is 0 Å². The topological polar surface area (TPSA) is 196 Å². The summed E-state index contributed by atoms with van der Waals surface area (Å²) in [6, 6.07) is -2.35. The molecule has 222 valence electrons. The molecule has 13 heteroatoms. The van der Waals surface area contributed by atoms with Gasteiger partial charge in [0.15, 0.2) is 11.7 Å². The van der Waals surface area contributed by atoms with Gasteiger partial charge in [0.2, 0.25) is 17.7 Å². The van der Waals surface area contributed by atoms with Crippen LogP contribution in [0.2, 0.25) is 0 Å². The molecule has 0 aromatic carbocycles. The van der Waals surface area contributed by atoms with Crippen LogP contribution >= 0.6 is 0 Å². The first-order valence-electron chi connectivity index (χ1n) is 14.3. The molecule has 0 radical (unpaired) electrons. The number of carbonyl (C=O) groups is 4. The number of unbranched alkanes of at least 4 members (excludes halogenated alkanes) is 4. The molecular weight excluding hydrogens is 502 g/mol. The van der Waals surface area contributed by atoms with Gasteiger partial charge >= 0.3 is 0 Å². The van der Waals surface area contributed by atoms with Crippen LogP contribution in [0.15, 0.2) is 4.99 Å². The van der Waals surface area contributed by atoms with Crippen LogP contribution in [0.4, 0.5) is 0 Å². The summed E-state index contributed by atoms with van der Waals surface area (Å²) >= 11 is 0. The van der Waals surface area contributed by atoms with Gasteiger partial charge in [0.1, 0.15) is 12.1 Å². The van der Waals surface area contributed by atoms with Crippen LogP contribution in [0, 0.1) is 0 Å². The molecule has 2 aliphatic rings. The van der Waals surface area contributed by atoms with Crippen molar-refractivity contribution in [3.8, 4) is 0 Å². The van der Waals surface area contributed by atoms with Crippen LogP contribution in [0.1, 0.15) is 64.7 Å². The zero-order valence-corrected chi connectivity index (χ0v) is 23.6. The fourth-order valence-electron chi connectivity index (χ4n) is 4.91. The number of aliphatic imine (C=N–C) groups is 1. The first kappa shape index (κ1) is 32.4. The largest absolute Gasteiger partial charge is 0.370 e. The number of nitrogens with two attached hydrogens (primary N) is 2. The van der Waals surface area contributed by atoms with Gasteiger partial charge in [0.25, 0.3) is 0 Å². The molecule has 0 aliphatic carbocycles. The lowest BCUT2D eigenvalue weighted by Gasteiger charge is -2.39. The molecule has 2 aliphatic heterocycles. The average molecular weight is 552 g/mol. The average Bonchev–Trinajstić information content (AvgIpc) is 2.90. The summed E-state index contributed by atoms with van der Waals surface area (Å²) < 4.78 is 0. The lowest BCUT2D eigenvalue weighted by Crippen LogP contribution is -2.66. The molecule has 13 nitrogen and oxygen atoms in total. The molecule has 2 saturated heterocycles. The van der Waals surface area contributed by atoms with E-state index in [1.165, 1.54) is 0 Å². The van der Waals surface area contributed by atoms with E-state index < -0.39 is 18.1 Å². The lowest BCUT2D eigenvalue weighted by molar-refractivity contribution is -0.140. The van der Waals surface area contributed by atoms with E-state index in [4.69, 9.17) is 11.5 Å². The summed E-state index contributed by atoms with van der Waals surface area (Å²) in [6.45, 7) is 4.41. The van der Waals surface area contributed by atoms with E-state index in [1.807, 2.05) is 7.05 Å². The Morgan fingerprint density at radius 2 is 1.69 bits per heavy atom. The molecule has 2 heterocycles. The van der Waals surface area contributed by atoms with Crippen molar-refractivity contribution in [2.75, 3.05) is 46.3 Å². The number of ketones is 1. The van der Waals surface area contributed by atoms with Gasteiger partial charge in [-0.15, -0.1) is 0 Å². The maximum absolute atomic E-state index is 13.2. The van der Waals surface area contributed by atoms with Gasteiger partial charge in [-0.05, 0) is 45.7 Å². The third-order valence-electron chi connectivity index (χ3n) is 7.17. The van der Waals surface area contributed by atoms with Crippen molar-refractivity contribution >= 4 is 29.5 Å². The minimum atomic E-state index is -0.763. The van der Waals surface area contributed by atoms with Gasteiger partial charge < -0.3 is 38.1 Å². The molecule has 0 aromatic heterocycles. The second-order valence-corrected chi connectivity index (χ2v) is 10.4. The van der Waals surface area contributed by atoms with Crippen molar-refractivity contribution < 1.29 is 19.2 Å². The van der Waals surface area contributed by atoms with Gasteiger partial charge in [-0.3, -0.25) is 29.1 Å². The fourth-order valence-corrected chi connectivity index (χ4v) is 4.91. The number of hydrogen-bond acceptors (Lipinski definition) is 8. The third kappa shape index (κ3) is 11.5. The summed E-state index contributed by atoms with van der Waals surface area (Å²) in [5.74, 6) is -0.972. The summed E-state index contributed by atoms with van der Waals surface area (Å²) in [7, 11) is 1.93. The molecule has 9 N–H and O–H groups in total. The maximum Gasteiger partial charge on any atom is 0.243 e. The van der Waals surface area contributed by atoms with Crippen molar-refractivity contribution in [3.05, 3.63) is 0 Å². The summed E-state index contributed by atoms with van der Waals surface area (Å²) in [4.78, 5) is 57.3. The smallest absolute Gasteiger partial charge is 0.243 e. The van der Waals surface area contributed by atoms with Crippen molar-refractivity contribution in [2.45, 2.75) is 88.9 Å². The van der Waals surface area contributed by atoms with Crippen molar-refractivity contribution in [3.63, 3.8) is 0 Å². The lowest BCUT2D eigenvalue weighted by atomic mass is 9.99.